The Hall–Kier alpha value is -2.10. The Morgan fingerprint density at radius 2 is 2.00 bits per heavy atom. The minimum atomic E-state index is -3.10. The lowest BCUT2D eigenvalue weighted by Gasteiger charge is -2.31. The lowest BCUT2D eigenvalue weighted by molar-refractivity contribution is 0.0221. The molecule has 0 aromatic carbocycles. The zero-order chi connectivity index (χ0) is 21.6. The molecule has 1 aromatic heterocycles. The molecule has 0 radical (unpaired) electrons. The number of hydrogen-bond donors (Lipinski definition) is 0. The fraction of sp³-hybridized carbons (Fsp3) is 0.737. The van der Waals surface area contributed by atoms with Crippen LogP contribution >= 0.6 is 0 Å². The van der Waals surface area contributed by atoms with Crippen molar-refractivity contribution in [3.8, 4) is 0 Å². The molecule has 0 saturated carbocycles. The summed E-state index contributed by atoms with van der Waals surface area (Å²) < 4.78 is 30.9. The Bertz CT molecular complexity index is 916. The van der Waals surface area contributed by atoms with Crippen LogP contribution in [0.15, 0.2) is 0 Å². The first-order chi connectivity index (χ1) is 13.4. The Morgan fingerprint density at radius 3 is 2.55 bits per heavy atom. The molecule has 9 nitrogen and oxygen atoms in total. The van der Waals surface area contributed by atoms with Crippen LogP contribution in [0.25, 0.3) is 0 Å². The van der Waals surface area contributed by atoms with Gasteiger partial charge in [-0.2, -0.15) is 5.10 Å². The van der Waals surface area contributed by atoms with Crippen molar-refractivity contribution < 1.29 is 22.7 Å². The molecule has 0 aliphatic carbocycles. The Labute approximate surface area is 171 Å². The molecule has 3 rings (SSSR count). The zero-order valence-electron chi connectivity index (χ0n) is 17.8. The van der Waals surface area contributed by atoms with E-state index in [4.69, 9.17) is 4.74 Å². The number of carbonyl (C=O) groups excluding carboxylic acids is 2. The number of hydrogen-bond acceptors (Lipinski definition) is 6. The van der Waals surface area contributed by atoms with Crippen molar-refractivity contribution in [1.29, 1.82) is 0 Å². The number of sulfone groups is 1. The molecule has 0 N–H and O–H groups in total. The molecule has 0 bridgehead atoms. The van der Waals surface area contributed by atoms with Crippen LogP contribution in [0.1, 0.15) is 55.9 Å². The second-order valence-electron chi connectivity index (χ2n) is 8.70. The first-order valence-corrected chi connectivity index (χ1v) is 11.8. The highest BCUT2D eigenvalue weighted by atomic mass is 32.2. The van der Waals surface area contributed by atoms with Gasteiger partial charge in [-0.3, -0.25) is 9.48 Å². The molecule has 10 heteroatoms. The summed E-state index contributed by atoms with van der Waals surface area (Å²) in [7, 11) is -1.32. The number of ether oxygens (including phenoxy) is 1. The van der Waals surface area contributed by atoms with Gasteiger partial charge in [-0.05, 0) is 34.1 Å². The molecule has 1 atom stereocenters. The van der Waals surface area contributed by atoms with Crippen LogP contribution in [0, 0.1) is 0 Å². The summed E-state index contributed by atoms with van der Waals surface area (Å²) in [6.07, 6.45) is 0.607. The van der Waals surface area contributed by atoms with E-state index in [1.54, 1.807) is 21.5 Å². The van der Waals surface area contributed by atoms with E-state index in [2.05, 4.69) is 5.10 Å². The van der Waals surface area contributed by atoms with Crippen molar-refractivity contribution in [3.63, 3.8) is 0 Å². The predicted molar refractivity (Wildman–Crippen MR) is 107 cm³/mol. The number of rotatable bonds is 3. The van der Waals surface area contributed by atoms with Crippen LogP contribution in [0.4, 0.5) is 4.79 Å². The fourth-order valence-electron chi connectivity index (χ4n) is 3.97. The third-order valence-electron chi connectivity index (χ3n) is 5.35. The van der Waals surface area contributed by atoms with Crippen molar-refractivity contribution in [2.24, 2.45) is 7.05 Å². The van der Waals surface area contributed by atoms with Crippen molar-refractivity contribution in [1.82, 2.24) is 19.6 Å². The van der Waals surface area contributed by atoms with E-state index < -0.39 is 21.5 Å². The van der Waals surface area contributed by atoms with Crippen molar-refractivity contribution >= 4 is 21.8 Å². The number of carbonyl (C=O) groups is 2. The summed E-state index contributed by atoms with van der Waals surface area (Å²) >= 11 is 0. The Kier molecular flexibility index (Phi) is 5.68. The van der Waals surface area contributed by atoms with Gasteiger partial charge in [0, 0.05) is 43.9 Å². The maximum Gasteiger partial charge on any atom is 0.410 e. The lowest BCUT2D eigenvalue weighted by atomic mass is 10.0. The van der Waals surface area contributed by atoms with Crippen molar-refractivity contribution in [2.75, 3.05) is 24.6 Å². The van der Waals surface area contributed by atoms with E-state index in [0.29, 0.717) is 37.2 Å². The maximum absolute atomic E-state index is 13.3. The summed E-state index contributed by atoms with van der Waals surface area (Å²) in [4.78, 5) is 29.0. The number of aromatic nitrogens is 2. The Morgan fingerprint density at radius 1 is 1.31 bits per heavy atom. The van der Waals surface area contributed by atoms with Gasteiger partial charge in [-0.15, -0.1) is 0 Å². The maximum atomic E-state index is 13.3. The van der Waals surface area contributed by atoms with Gasteiger partial charge < -0.3 is 14.5 Å². The molecule has 1 fully saturated rings. The van der Waals surface area contributed by atoms with Gasteiger partial charge in [-0.1, -0.05) is 0 Å². The second kappa shape index (κ2) is 7.62. The molecule has 1 unspecified atom stereocenters. The monoisotopic (exact) mass is 426 g/mol. The average molecular weight is 427 g/mol. The van der Waals surface area contributed by atoms with E-state index in [9.17, 15) is 18.0 Å². The standard InChI is InChI=1S/C19H30N4O5S/c1-6-23(13-8-10-29(26,27)12-13)17(24)16-14-11-22(18(25)28-19(2,3)4)9-7-15(14)21(5)20-16/h13H,6-12H2,1-5H3. The quantitative estimate of drug-likeness (QED) is 0.723. The zero-order valence-corrected chi connectivity index (χ0v) is 18.6. The van der Waals surface area contributed by atoms with Gasteiger partial charge in [0.2, 0.25) is 0 Å². The smallest absolute Gasteiger partial charge is 0.410 e. The lowest BCUT2D eigenvalue weighted by Crippen LogP contribution is -2.43. The normalized spacial score (nSPS) is 21.0. The predicted octanol–water partition coefficient (Wildman–Crippen LogP) is 1.36. The van der Waals surface area contributed by atoms with Crippen LogP contribution < -0.4 is 0 Å². The van der Waals surface area contributed by atoms with E-state index in [1.165, 1.54) is 0 Å². The summed E-state index contributed by atoms with van der Waals surface area (Å²) in [5.74, 6) is -0.183. The van der Waals surface area contributed by atoms with Gasteiger partial charge in [-0.25, -0.2) is 13.2 Å². The first-order valence-electron chi connectivity index (χ1n) is 9.96. The Balaban J connectivity index is 1.85. The van der Waals surface area contributed by atoms with Crippen LogP contribution in [0.5, 0.6) is 0 Å². The molecule has 2 aliphatic heterocycles. The first kappa shape index (κ1) is 21.6. The number of aryl methyl sites for hydroxylation is 1. The van der Waals surface area contributed by atoms with Crippen LogP contribution in [0.2, 0.25) is 0 Å². The van der Waals surface area contributed by atoms with Gasteiger partial charge >= 0.3 is 6.09 Å². The fourth-order valence-corrected chi connectivity index (χ4v) is 5.70. The summed E-state index contributed by atoms with van der Waals surface area (Å²) in [5.41, 5.74) is 1.33. The van der Waals surface area contributed by atoms with Gasteiger partial charge in [0.05, 0.1) is 18.1 Å². The molecule has 1 aromatic rings. The van der Waals surface area contributed by atoms with Crippen LogP contribution in [-0.2, 0) is 34.6 Å². The molecular formula is C19H30N4O5S. The molecule has 3 heterocycles. The summed E-state index contributed by atoms with van der Waals surface area (Å²) in [5, 5.41) is 4.43. The summed E-state index contributed by atoms with van der Waals surface area (Å²) in [6.45, 7) is 8.43. The molecule has 29 heavy (non-hydrogen) atoms. The highest BCUT2D eigenvalue weighted by Gasteiger charge is 2.37. The molecular weight excluding hydrogens is 396 g/mol. The minimum Gasteiger partial charge on any atom is -0.444 e. The minimum absolute atomic E-state index is 0.00830. The van der Waals surface area contributed by atoms with Gasteiger partial charge in [0.25, 0.3) is 5.91 Å². The SMILES string of the molecule is CCN(C(=O)c1nn(C)c2c1CN(C(=O)OC(C)(C)C)CC2)C1CCS(=O)(=O)C1. The molecule has 2 aliphatic rings. The second-order valence-corrected chi connectivity index (χ2v) is 10.9. The van der Waals surface area contributed by atoms with Gasteiger partial charge in [0.15, 0.2) is 15.5 Å². The third kappa shape index (κ3) is 4.57. The number of amides is 2. The van der Waals surface area contributed by atoms with Crippen LogP contribution in [0.3, 0.4) is 0 Å². The number of nitrogens with zero attached hydrogens (tertiary/aromatic N) is 4. The number of fused-ring (bicyclic) bond motifs is 1. The topological polar surface area (TPSA) is 102 Å². The molecule has 0 spiro atoms. The molecule has 2 amide bonds. The highest BCUT2D eigenvalue weighted by molar-refractivity contribution is 7.91. The van der Waals surface area contributed by atoms with Gasteiger partial charge in [0.1, 0.15) is 5.60 Å². The third-order valence-corrected chi connectivity index (χ3v) is 7.10. The van der Waals surface area contributed by atoms with E-state index >= 15 is 0 Å². The van der Waals surface area contributed by atoms with E-state index in [0.717, 1.165) is 5.69 Å². The largest absolute Gasteiger partial charge is 0.444 e. The molecule has 162 valence electrons. The van der Waals surface area contributed by atoms with E-state index in [-0.39, 0.29) is 30.0 Å². The van der Waals surface area contributed by atoms with Crippen molar-refractivity contribution in [2.45, 2.75) is 58.7 Å². The molecule has 1 saturated heterocycles. The van der Waals surface area contributed by atoms with Crippen molar-refractivity contribution in [3.05, 3.63) is 17.0 Å². The average Bonchev–Trinajstić information content (AvgIpc) is 3.13. The van der Waals surface area contributed by atoms with Crippen LogP contribution in [-0.4, -0.2) is 76.2 Å². The van der Waals surface area contributed by atoms with E-state index in [1.807, 2.05) is 27.7 Å². The highest BCUT2D eigenvalue weighted by Crippen LogP contribution is 2.26. The summed E-state index contributed by atoms with van der Waals surface area (Å²) in [6, 6.07) is -0.333.